The molecule has 0 spiro atoms. The van der Waals surface area contributed by atoms with Crippen molar-refractivity contribution in [3.05, 3.63) is 7.11 Å². The molecule has 53 valence electrons. The highest BCUT2D eigenvalue weighted by Crippen LogP contribution is 1.79. The average molecular weight is 133 g/mol. The second kappa shape index (κ2) is 5.53. The number of hydrogen-bond acceptors (Lipinski definition) is 4. The summed E-state index contributed by atoms with van der Waals surface area (Å²) < 4.78 is 13.2. The van der Waals surface area contributed by atoms with Crippen LogP contribution in [0.4, 0.5) is 0 Å². The Hall–Kier alpha value is -0.610. The van der Waals surface area contributed by atoms with Crippen LogP contribution in [0.3, 0.4) is 0 Å². The molecular formula is C5H9O4. The van der Waals surface area contributed by atoms with E-state index in [1.54, 1.807) is 0 Å². The number of ether oxygens (including phenoxy) is 3. The molecule has 0 atom stereocenters. The van der Waals surface area contributed by atoms with Gasteiger partial charge in [-0.25, -0.2) is 0 Å². The Morgan fingerprint density at radius 3 is 2.67 bits per heavy atom. The van der Waals surface area contributed by atoms with Crippen molar-refractivity contribution in [3.8, 4) is 0 Å². The van der Waals surface area contributed by atoms with Crippen LogP contribution in [0.15, 0.2) is 0 Å². The van der Waals surface area contributed by atoms with Gasteiger partial charge in [0.25, 0.3) is 0 Å². The van der Waals surface area contributed by atoms with Crippen molar-refractivity contribution < 1.29 is 19.0 Å². The van der Waals surface area contributed by atoms with Gasteiger partial charge < -0.3 is 14.2 Å². The van der Waals surface area contributed by atoms with E-state index in [-0.39, 0.29) is 19.6 Å². The summed E-state index contributed by atoms with van der Waals surface area (Å²) in [7, 11) is 3.04. The molecule has 0 fully saturated rings. The summed E-state index contributed by atoms with van der Waals surface area (Å²) in [6, 6.07) is 0. The normalized spacial score (nSPS) is 9.11. The molecule has 0 saturated heterocycles. The van der Waals surface area contributed by atoms with Crippen LogP contribution in [-0.2, 0) is 19.0 Å². The summed E-state index contributed by atoms with van der Waals surface area (Å²) in [4.78, 5) is 10.0. The number of esters is 1. The van der Waals surface area contributed by atoms with E-state index in [4.69, 9.17) is 0 Å². The van der Waals surface area contributed by atoms with Gasteiger partial charge in [-0.2, -0.15) is 0 Å². The van der Waals surface area contributed by atoms with E-state index in [0.717, 1.165) is 0 Å². The molecule has 0 aromatic carbocycles. The first-order valence-electron chi connectivity index (χ1n) is 2.35. The number of rotatable bonds is 4. The van der Waals surface area contributed by atoms with Crippen LogP contribution in [0.2, 0.25) is 0 Å². The third-order valence-corrected chi connectivity index (χ3v) is 0.512. The fourth-order valence-corrected chi connectivity index (χ4v) is 0.218. The van der Waals surface area contributed by atoms with Crippen LogP contribution in [0.5, 0.6) is 0 Å². The zero-order chi connectivity index (χ0) is 7.11. The summed E-state index contributed by atoms with van der Waals surface area (Å²) >= 11 is 0. The van der Waals surface area contributed by atoms with Crippen molar-refractivity contribution in [2.45, 2.75) is 6.92 Å². The molecule has 4 nitrogen and oxygen atoms in total. The van der Waals surface area contributed by atoms with Gasteiger partial charge in [0.15, 0.2) is 13.6 Å². The van der Waals surface area contributed by atoms with Crippen molar-refractivity contribution in [2.75, 3.05) is 13.6 Å². The maximum atomic E-state index is 10.0. The van der Waals surface area contributed by atoms with Crippen LogP contribution in [0, 0.1) is 7.11 Å². The van der Waals surface area contributed by atoms with Crippen molar-refractivity contribution in [1.82, 2.24) is 0 Å². The van der Waals surface area contributed by atoms with E-state index in [2.05, 4.69) is 21.3 Å². The molecule has 9 heavy (non-hydrogen) atoms. The number of hydrogen-bond donors (Lipinski definition) is 0. The molecule has 0 heterocycles. The van der Waals surface area contributed by atoms with Crippen LogP contribution >= 0.6 is 0 Å². The molecule has 0 aliphatic rings. The minimum absolute atomic E-state index is 0.0350. The minimum atomic E-state index is -0.376. The number of carbonyl (C=O) groups is 1. The van der Waals surface area contributed by atoms with E-state index in [0.29, 0.717) is 0 Å². The molecular weight excluding hydrogens is 124 g/mol. The average Bonchev–Trinajstić information content (AvgIpc) is 1.80. The van der Waals surface area contributed by atoms with Gasteiger partial charge in [-0.15, -0.1) is 0 Å². The molecule has 0 aliphatic carbocycles. The van der Waals surface area contributed by atoms with Gasteiger partial charge in [0, 0.05) is 6.92 Å². The Balaban J connectivity index is 2.83. The molecule has 0 saturated carbocycles. The van der Waals surface area contributed by atoms with Crippen molar-refractivity contribution >= 4 is 5.97 Å². The minimum Gasteiger partial charge on any atom is -0.439 e. The maximum Gasteiger partial charge on any atom is 0.304 e. The van der Waals surface area contributed by atoms with Crippen molar-refractivity contribution in [2.24, 2.45) is 0 Å². The Bertz CT molecular complexity index is 81.0. The summed E-state index contributed by atoms with van der Waals surface area (Å²) in [5, 5.41) is 0. The Morgan fingerprint density at radius 2 is 2.22 bits per heavy atom. The molecule has 0 amide bonds. The van der Waals surface area contributed by atoms with Crippen molar-refractivity contribution in [3.63, 3.8) is 0 Å². The predicted octanol–water partition coefficient (Wildman–Crippen LogP) is 0.289. The molecule has 4 heteroatoms. The zero-order valence-electron chi connectivity index (χ0n) is 5.25. The highest BCUT2D eigenvalue weighted by Gasteiger charge is 1.89. The lowest BCUT2D eigenvalue weighted by Gasteiger charge is -2.00. The lowest BCUT2D eigenvalue weighted by molar-refractivity contribution is -0.161. The first-order valence-corrected chi connectivity index (χ1v) is 2.35. The first-order chi connectivity index (χ1) is 4.27. The predicted molar refractivity (Wildman–Crippen MR) is 29.0 cm³/mol. The quantitative estimate of drug-likeness (QED) is 0.314. The zero-order valence-corrected chi connectivity index (χ0v) is 5.25. The highest BCUT2D eigenvalue weighted by atomic mass is 16.7. The largest absolute Gasteiger partial charge is 0.439 e. The number of carbonyl (C=O) groups excluding carboxylic acids is 1. The van der Waals surface area contributed by atoms with E-state index >= 15 is 0 Å². The van der Waals surface area contributed by atoms with Gasteiger partial charge in [-0.1, -0.05) is 0 Å². The first kappa shape index (κ1) is 8.39. The highest BCUT2D eigenvalue weighted by molar-refractivity contribution is 5.65. The third kappa shape index (κ3) is 7.39. The molecule has 0 bridgehead atoms. The van der Waals surface area contributed by atoms with Crippen LogP contribution in [0.1, 0.15) is 6.92 Å². The topological polar surface area (TPSA) is 44.8 Å². The van der Waals surface area contributed by atoms with Crippen LogP contribution in [-0.4, -0.2) is 19.6 Å². The molecule has 0 N–H and O–H groups in total. The summed E-state index contributed by atoms with van der Waals surface area (Å²) in [6.07, 6.45) is 0. The van der Waals surface area contributed by atoms with Gasteiger partial charge in [0.2, 0.25) is 0 Å². The lowest BCUT2D eigenvalue weighted by atomic mass is 10.8. The Kier molecular flexibility index (Phi) is 5.15. The maximum absolute atomic E-state index is 10.0. The van der Waals surface area contributed by atoms with Gasteiger partial charge in [0.1, 0.15) is 0 Å². The van der Waals surface area contributed by atoms with Gasteiger partial charge in [-0.3, -0.25) is 4.79 Å². The fourth-order valence-electron chi connectivity index (χ4n) is 0.218. The SMILES string of the molecule is [CH2]OCOCOC(C)=O. The van der Waals surface area contributed by atoms with Gasteiger partial charge >= 0.3 is 5.97 Å². The molecule has 0 aromatic rings. The summed E-state index contributed by atoms with van der Waals surface area (Å²) in [5.74, 6) is -0.376. The Labute approximate surface area is 53.7 Å². The van der Waals surface area contributed by atoms with Crippen LogP contribution in [0.25, 0.3) is 0 Å². The molecule has 0 unspecified atom stereocenters. The molecule has 0 rings (SSSR count). The lowest BCUT2D eigenvalue weighted by Crippen LogP contribution is -2.05. The van der Waals surface area contributed by atoms with E-state index in [1.165, 1.54) is 6.92 Å². The van der Waals surface area contributed by atoms with Gasteiger partial charge in [-0.05, 0) is 0 Å². The van der Waals surface area contributed by atoms with E-state index in [9.17, 15) is 4.79 Å². The Morgan fingerprint density at radius 1 is 1.56 bits per heavy atom. The third-order valence-electron chi connectivity index (χ3n) is 0.512. The summed E-state index contributed by atoms with van der Waals surface area (Å²) in [5.41, 5.74) is 0. The summed E-state index contributed by atoms with van der Waals surface area (Å²) in [6.45, 7) is 1.26. The second-order valence-corrected chi connectivity index (χ2v) is 1.28. The van der Waals surface area contributed by atoms with E-state index in [1.807, 2.05) is 0 Å². The monoisotopic (exact) mass is 133 g/mol. The standard InChI is InChI=1S/C5H9O4/c1-5(6)9-4-8-3-7-2/h2-4H2,1H3. The molecule has 1 radical (unpaired) electrons. The van der Waals surface area contributed by atoms with Crippen molar-refractivity contribution in [1.29, 1.82) is 0 Å². The fraction of sp³-hybridized carbons (Fsp3) is 0.600. The second-order valence-electron chi connectivity index (χ2n) is 1.28. The molecule has 0 aliphatic heterocycles. The smallest absolute Gasteiger partial charge is 0.304 e. The van der Waals surface area contributed by atoms with Gasteiger partial charge in [0.05, 0.1) is 7.11 Å². The van der Waals surface area contributed by atoms with E-state index < -0.39 is 0 Å². The molecule has 0 aromatic heterocycles. The van der Waals surface area contributed by atoms with Crippen LogP contribution < -0.4 is 0 Å².